The van der Waals surface area contributed by atoms with Gasteiger partial charge >= 0.3 is 5.76 Å². The lowest BCUT2D eigenvalue weighted by atomic mass is 10.3. The first-order valence-corrected chi connectivity index (χ1v) is 4.09. The van der Waals surface area contributed by atoms with E-state index in [0.29, 0.717) is 6.42 Å². The molecule has 0 aliphatic heterocycles. The Morgan fingerprint density at radius 2 is 2.62 bits per heavy atom. The molecule has 72 valence electrons. The fourth-order valence-electron chi connectivity index (χ4n) is 0.859. The highest BCUT2D eigenvalue weighted by Crippen LogP contribution is 2.02. The standard InChI is InChI=1S/C8H11FN2O2/c1-2-3-4-7(9)5-11-6-10-13-8(11)12/h4,6H,2-3,5H2,1H3/b7-4+. The molecule has 5 heteroatoms. The molecule has 1 aromatic rings. The number of unbranched alkanes of at least 4 members (excludes halogenated alkanes) is 1. The second-order valence-electron chi connectivity index (χ2n) is 2.65. The van der Waals surface area contributed by atoms with Gasteiger partial charge in [0.15, 0.2) is 0 Å². The Bertz CT molecular complexity index is 340. The minimum Gasteiger partial charge on any atom is -0.296 e. The van der Waals surface area contributed by atoms with Crippen molar-refractivity contribution in [2.24, 2.45) is 0 Å². The monoisotopic (exact) mass is 186 g/mol. The maximum atomic E-state index is 13.0. The summed E-state index contributed by atoms with van der Waals surface area (Å²) in [5.41, 5.74) is 0. The summed E-state index contributed by atoms with van der Waals surface area (Å²) in [6.45, 7) is 1.86. The number of halogens is 1. The van der Waals surface area contributed by atoms with Crippen LogP contribution in [-0.2, 0) is 6.54 Å². The van der Waals surface area contributed by atoms with Gasteiger partial charge in [-0.05, 0) is 6.42 Å². The van der Waals surface area contributed by atoms with Crippen LogP contribution in [-0.4, -0.2) is 9.72 Å². The van der Waals surface area contributed by atoms with Gasteiger partial charge in [0, 0.05) is 0 Å². The summed E-state index contributed by atoms with van der Waals surface area (Å²) in [6.07, 6.45) is 4.18. The minimum absolute atomic E-state index is 0.0949. The van der Waals surface area contributed by atoms with Gasteiger partial charge in [-0.3, -0.25) is 9.09 Å². The van der Waals surface area contributed by atoms with Crippen molar-refractivity contribution < 1.29 is 8.91 Å². The molecule has 0 radical (unpaired) electrons. The third-order valence-corrected chi connectivity index (χ3v) is 1.53. The van der Waals surface area contributed by atoms with E-state index in [2.05, 4.69) is 9.68 Å². The summed E-state index contributed by atoms with van der Waals surface area (Å²) >= 11 is 0. The van der Waals surface area contributed by atoms with Crippen LogP contribution >= 0.6 is 0 Å². The molecule has 0 spiro atoms. The average Bonchev–Trinajstić information content (AvgIpc) is 2.48. The molecule has 0 aliphatic rings. The fourth-order valence-corrected chi connectivity index (χ4v) is 0.859. The SMILES string of the molecule is CCC/C=C(/F)Cn1cnoc1=O. The largest absolute Gasteiger partial charge is 0.441 e. The number of hydrogen-bond donors (Lipinski definition) is 0. The molecule has 0 N–H and O–H groups in total. The zero-order valence-electron chi connectivity index (χ0n) is 7.36. The molecule has 0 bridgehead atoms. The van der Waals surface area contributed by atoms with Gasteiger partial charge in [0.05, 0.1) is 6.54 Å². The molecular formula is C8H11FN2O2. The Labute approximate surface area is 74.7 Å². The molecule has 13 heavy (non-hydrogen) atoms. The van der Waals surface area contributed by atoms with Gasteiger partial charge in [-0.2, -0.15) is 0 Å². The van der Waals surface area contributed by atoms with Crippen molar-refractivity contribution in [3.05, 3.63) is 28.8 Å². The van der Waals surface area contributed by atoms with Crippen LogP contribution in [0.1, 0.15) is 19.8 Å². The Kier molecular flexibility index (Phi) is 3.42. The highest BCUT2D eigenvalue weighted by molar-refractivity contribution is 4.91. The van der Waals surface area contributed by atoms with Crippen LogP contribution < -0.4 is 5.76 Å². The first-order valence-electron chi connectivity index (χ1n) is 4.09. The topological polar surface area (TPSA) is 48.0 Å². The van der Waals surface area contributed by atoms with E-state index in [1.165, 1.54) is 12.4 Å². The molecule has 0 unspecified atom stereocenters. The molecule has 1 heterocycles. The minimum atomic E-state index is -0.639. The van der Waals surface area contributed by atoms with E-state index >= 15 is 0 Å². The Morgan fingerprint density at radius 1 is 1.85 bits per heavy atom. The van der Waals surface area contributed by atoms with E-state index in [1.807, 2.05) is 6.92 Å². The van der Waals surface area contributed by atoms with Crippen LogP contribution in [0.4, 0.5) is 4.39 Å². The summed E-state index contributed by atoms with van der Waals surface area (Å²) in [5, 5.41) is 3.24. The fraction of sp³-hybridized carbons (Fsp3) is 0.500. The van der Waals surface area contributed by atoms with Crippen molar-refractivity contribution in [1.82, 2.24) is 9.72 Å². The van der Waals surface area contributed by atoms with Crippen molar-refractivity contribution in [1.29, 1.82) is 0 Å². The van der Waals surface area contributed by atoms with Crippen LogP contribution in [0.25, 0.3) is 0 Å². The number of nitrogens with zero attached hydrogens (tertiary/aromatic N) is 2. The average molecular weight is 186 g/mol. The molecule has 0 saturated carbocycles. The van der Waals surface area contributed by atoms with Crippen molar-refractivity contribution >= 4 is 0 Å². The van der Waals surface area contributed by atoms with E-state index in [0.717, 1.165) is 11.0 Å². The van der Waals surface area contributed by atoms with Gasteiger partial charge in [-0.25, -0.2) is 9.18 Å². The second-order valence-corrected chi connectivity index (χ2v) is 2.65. The highest BCUT2D eigenvalue weighted by atomic mass is 19.1. The Hall–Kier alpha value is -1.39. The van der Waals surface area contributed by atoms with Crippen LogP contribution in [0, 0.1) is 0 Å². The molecule has 0 atom stereocenters. The molecular weight excluding hydrogens is 175 g/mol. The smallest absolute Gasteiger partial charge is 0.296 e. The van der Waals surface area contributed by atoms with Gasteiger partial charge in [-0.1, -0.05) is 24.6 Å². The van der Waals surface area contributed by atoms with Crippen molar-refractivity contribution in [3.8, 4) is 0 Å². The van der Waals surface area contributed by atoms with Crippen molar-refractivity contribution in [3.63, 3.8) is 0 Å². The van der Waals surface area contributed by atoms with Gasteiger partial charge < -0.3 is 0 Å². The van der Waals surface area contributed by atoms with Gasteiger partial charge in [0.1, 0.15) is 12.2 Å². The molecule has 0 aromatic carbocycles. The van der Waals surface area contributed by atoms with E-state index < -0.39 is 5.76 Å². The van der Waals surface area contributed by atoms with Crippen LogP contribution in [0.2, 0.25) is 0 Å². The van der Waals surface area contributed by atoms with E-state index in [4.69, 9.17) is 0 Å². The quantitative estimate of drug-likeness (QED) is 0.715. The third-order valence-electron chi connectivity index (χ3n) is 1.53. The van der Waals surface area contributed by atoms with Gasteiger partial charge in [-0.15, -0.1) is 0 Å². The first-order chi connectivity index (χ1) is 6.24. The number of hydrogen-bond acceptors (Lipinski definition) is 3. The summed E-state index contributed by atoms with van der Waals surface area (Å²) in [5.74, 6) is -0.979. The van der Waals surface area contributed by atoms with Crippen molar-refractivity contribution in [2.45, 2.75) is 26.3 Å². The summed E-state index contributed by atoms with van der Waals surface area (Å²) in [4.78, 5) is 10.8. The molecule has 0 fully saturated rings. The first kappa shape index (κ1) is 9.70. The number of allylic oxidation sites excluding steroid dienone is 2. The molecule has 1 rings (SSSR count). The number of rotatable bonds is 4. The lowest BCUT2D eigenvalue weighted by molar-refractivity contribution is 0.374. The van der Waals surface area contributed by atoms with Crippen LogP contribution in [0.3, 0.4) is 0 Å². The normalized spacial score (nSPS) is 12.0. The molecule has 0 aliphatic carbocycles. The van der Waals surface area contributed by atoms with Crippen molar-refractivity contribution in [2.75, 3.05) is 0 Å². The summed E-state index contributed by atoms with van der Waals surface area (Å²) in [7, 11) is 0. The highest BCUT2D eigenvalue weighted by Gasteiger charge is 2.01. The lowest BCUT2D eigenvalue weighted by Gasteiger charge is -1.95. The zero-order valence-corrected chi connectivity index (χ0v) is 7.36. The van der Waals surface area contributed by atoms with Crippen LogP contribution in [0.5, 0.6) is 0 Å². The van der Waals surface area contributed by atoms with Crippen LogP contribution in [0.15, 0.2) is 27.5 Å². The summed E-state index contributed by atoms with van der Waals surface area (Å²) < 4.78 is 18.3. The zero-order chi connectivity index (χ0) is 9.68. The van der Waals surface area contributed by atoms with Gasteiger partial charge in [0.2, 0.25) is 0 Å². The van der Waals surface area contributed by atoms with Gasteiger partial charge in [0.25, 0.3) is 0 Å². The maximum absolute atomic E-state index is 13.0. The summed E-state index contributed by atoms with van der Waals surface area (Å²) in [6, 6.07) is 0. The third kappa shape index (κ3) is 2.85. The molecule has 0 amide bonds. The molecule has 4 nitrogen and oxygen atoms in total. The molecule has 0 saturated heterocycles. The maximum Gasteiger partial charge on any atom is 0.441 e. The number of aromatic nitrogens is 2. The Morgan fingerprint density at radius 3 is 3.15 bits per heavy atom. The van der Waals surface area contributed by atoms with E-state index in [1.54, 1.807) is 0 Å². The lowest BCUT2D eigenvalue weighted by Crippen LogP contribution is -2.13. The Balaban J connectivity index is 2.59. The predicted molar refractivity (Wildman–Crippen MR) is 44.9 cm³/mol. The predicted octanol–water partition coefficient (Wildman–Crippen LogP) is 1.49. The van der Waals surface area contributed by atoms with E-state index in [-0.39, 0.29) is 12.4 Å². The molecule has 1 aromatic heterocycles. The van der Waals surface area contributed by atoms with E-state index in [9.17, 15) is 9.18 Å². The second kappa shape index (κ2) is 4.59.